The molecule has 2 N–H and O–H groups in total. The lowest BCUT2D eigenvalue weighted by molar-refractivity contribution is -0.136. The minimum absolute atomic E-state index is 0.269. The molecule has 0 aliphatic carbocycles. The molecule has 0 amide bonds. The Kier molecular flexibility index (Phi) is 5.49. The first kappa shape index (κ1) is 18.3. The topological polar surface area (TPSA) is 61.8 Å². The number of hydrogen-bond acceptors (Lipinski definition) is 4. The highest BCUT2D eigenvalue weighted by molar-refractivity contribution is 7.80. The highest BCUT2D eigenvalue weighted by atomic mass is 32.1. The minimum atomic E-state index is -0.393. The molecule has 1 atom stereocenters. The quantitative estimate of drug-likeness (QED) is 0.644. The van der Waals surface area contributed by atoms with Gasteiger partial charge in [0.1, 0.15) is 5.75 Å². The van der Waals surface area contributed by atoms with Crippen LogP contribution in [0.5, 0.6) is 5.75 Å². The van der Waals surface area contributed by atoms with Gasteiger partial charge in [-0.2, -0.15) is 0 Å². The summed E-state index contributed by atoms with van der Waals surface area (Å²) < 4.78 is 5.00. The predicted molar refractivity (Wildman–Crippen MR) is 97.8 cm³/mol. The molecular formula is C18H24N2O3S. The van der Waals surface area contributed by atoms with Crippen LogP contribution >= 0.6 is 12.2 Å². The predicted octanol–water partition coefficient (Wildman–Crippen LogP) is 3.10. The number of carbonyl (C=O) groups is 1. The van der Waals surface area contributed by atoms with E-state index in [1.807, 2.05) is 37.8 Å². The first-order valence-corrected chi connectivity index (χ1v) is 8.39. The average molecular weight is 348 g/mol. The van der Waals surface area contributed by atoms with E-state index in [4.69, 9.17) is 17.0 Å². The molecule has 1 aromatic rings. The second kappa shape index (κ2) is 7.21. The molecule has 0 saturated heterocycles. The van der Waals surface area contributed by atoms with Crippen LogP contribution in [0.2, 0.25) is 0 Å². The fourth-order valence-electron chi connectivity index (χ4n) is 3.05. The number of carbonyl (C=O) groups excluding carboxylic acids is 1. The molecule has 0 saturated carbocycles. The van der Waals surface area contributed by atoms with Crippen LogP contribution in [0.3, 0.4) is 0 Å². The van der Waals surface area contributed by atoms with E-state index < -0.39 is 6.04 Å². The van der Waals surface area contributed by atoms with Crippen molar-refractivity contribution in [3.8, 4) is 5.75 Å². The SMILES string of the molecule is CCCN1C(=S)N[C@H](c2cc(C)c(O)c(C)c2)C(C(=O)OC)=C1C. The van der Waals surface area contributed by atoms with Crippen molar-refractivity contribution >= 4 is 23.3 Å². The molecule has 2 rings (SSSR count). The fourth-order valence-corrected chi connectivity index (χ4v) is 3.40. The third-order valence-electron chi connectivity index (χ3n) is 4.30. The second-order valence-corrected chi connectivity index (χ2v) is 6.41. The van der Waals surface area contributed by atoms with E-state index in [9.17, 15) is 9.90 Å². The summed E-state index contributed by atoms with van der Waals surface area (Å²) in [7, 11) is 1.38. The molecule has 1 aliphatic rings. The van der Waals surface area contributed by atoms with Crippen molar-refractivity contribution in [2.45, 2.75) is 40.2 Å². The Morgan fingerprint density at radius 1 is 1.33 bits per heavy atom. The molecule has 0 radical (unpaired) electrons. The molecule has 1 heterocycles. The van der Waals surface area contributed by atoms with Crippen molar-refractivity contribution in [2.24, 2.45) is 0 Å². The molecule has 0 spiro atoms. The minimum Gasteiger partial charge on any atom is -0.507 e. The molecule has 0 aromatic heterocycles. The van der Waals surface area contributed by atoms with E-state index in [0.29, 0.717) is 10.7 Å². The van der Waals surface area contributed by atoms with Gasteiger partial charge in [0, 0.05) is 12.2 Å². The fraction of sp³-hybridized carbons (Fsp3) is 0.444. The number of aryl methyl sites for hydroxylation is 2. The zero-order valence-corrected chi connectivity index (χ0v) is 15.6. The first-order chi connectivity index (χ1) is 11.3. The Labute approximate surface area is 148 Å². The summed E-state index contributed by atoms with van der Waals surface area (Å²) in [5, 5.41) is 13.9. The molecule has 0 bridgehead atoms. The van der Waals surface area contributed by atoms with Gasteiger partial charge >= 0.3 is 5.97 Å². The number of allylic oxidation sites excluding steroid dienone is 1. The molecular weight excluding hydrogens is 324 g/mol. The number of hydrogen-bond donors (Lipinski definition) is 2. The maximum absolute atomic E-state index is 12.4. The van der Waals surface area contributed by atoms with Crippen molar-refractivity contribution < 1.29 is 14.6 Å². The number of benzene rings is 1. The number of esters is 1. The molecule has 5 nitrogen and oxygen atoms in total. The van der Waals surface area contributed by atoms with Gasteiger partial charge in [-0.3, -0.25) is 0 Å². The first-order valence-electron chi connectivity index (χ1n) is 7.99. The number of thiocarbonyl (C=S) groups is 1. The number of nitrogens with one attached hydrogen (secondary N) is 1. The molecule has 0 fully saturated rings. The summed E-state index contributed by atoms with van der Waals surface area (Å²) in [4.78, 5) is 14.3. The van der Waals surface area contributed by atoms with Crippen molar-refractivity contribution in [2.75, 3.05) is 13.7 Å². The number of rotatable bonds is 4. The Morgan fingerprint density at radius 2 is 1.92 bits per heavy atom. The van der Waals surface area contributed by atoms with E-state index >= 15 is 0 Å². The molecule has 6 heteroatoms. The Balaban J connectivity index is 2.59. The van der Waals surface area contributed by atoms with Crippen molar-refractivity contribution in [3.63, 3.8) is 0 Å². The summed E-state index contributed by atoms with van der Waals surface area (Å²) in [5.74, 6) is -0.109. The standard InChI is InChI=1S/C18H24N2O3S/c1-6-7-20-12(4)14(17(22)23-5)15(19-18(20)24)13-8-10(2)16(21)11(3)9-13/h8-9,15,21H,6-7H2,1-5H3,(H,19,24)/t15-/m1/s1. The van der Waals surface area contributed by atoms with Crippen LogP contribution in [-0.2, 0) is 9.53 Å². The third kappa shape index (κ3) is 3.24. The van der Waals surface area contributed by atoms with Gasteiger partial charge in [-0.1, -0.05) is 6.92 Å². The number of nitrogens with zero attached hydrogens (tertiary/aromatic N) is 1. The van der Waals surface area contributed by atoms with Crippen LogP contribution in [0.1, 0.15) is 43.0 Å². The molecule has 1 aromatic carbocycles. The van der Waals surface area contributed by atoms with Crippen LogP contribution in [0, 0.1) is 13.8 Å². The lowest BCUT2D eigenvalue weighted by Crippen LogP contribution is -2.48. The molecule has 24 heavy (non-hydrogen) atoms. The molecule has 0 unspecified atom stereocenters. The van der Waals surface area contributed by atoms with Crippen LogP contribution < -0.4 is 5.32 Å². The zero-order valence-electron chi connectivity index (χ0n) is 14.8. The Hall–Kier alpha value is -2.08. The van der Waals surface area contributed by atoms with E-state index in [1.54, 1.807) is 0 Å². The summed E-state index contributed by atoms with van der Waals surface area (Å²) >= 11 is 5.49. The Bertz CT molecular complexity index is 689. The maximum Gasteiger partial charge on any atom is 0.337 e. The van der Waals surface area contributed by atoms with E-state index in [2.05, 4.69) is 12.2 Å². The summed E-state index contributed by atoms with van der Waals surface area (Å²) in [5.41, 5.74) is 3.75. The number of ether oxygens (including phenoxy) is 1. The van der Waals surface area contributed by atoms with Crippen LogP contribution in [0.25, 0.3) is 0 Å². The lowest BCUT2D eigenvalue weighted by Gasteiger charge is -2.37. The summed E-state index contributed by atoms with van der Waals surface area (Å²) in [6, 6.07) is 3.35. The van der Waals surface area contributed by atoms with Gasteiger partial charge in [0.05, 0.1) is 18.7 Å². The van der Waals surface area contributed by atoms with Gasteiger partial charge < -0.3 is 20.1 Å². The third-order valence-corrected chi connectivity index (χ3v) is 4.63. The van der Waals surface area contributed by atoms with Crippen molar-refractivity contribution in [1.29, 1.82) is 0 Å². The largest absolute Gasteiger partial charge is 0.507 e. The van der Waals surface area contributed by atoms with Gasteiger partial charge in [0.25, 0.3) is 0 Å². The number of aromatic hydroxyl groups is 1. The monoisotopic (exact) mass is 348 g/mol. The van der Waals surface area contributed by atoms with Crippen LogP contribution in [0.4, 0.5) is 0 Å². The summed E-state index contributed by atoms with van der Waals surface area (Å²) in [6.45, 7) is 8.36. The van der Waals surface area contributed by atoms with Gasteiger partial charge in [0.2, 0.25) is 0 Å². The maximum atomic E-state index is 12.4. The molecule has 130 valence electrons. The highest BCUT2D eigenvalue weighted by Crippen LogP contribution is 2.34. The van der Waals surface area contributed by atoms with Gasteiger partial charge in [-0.25, -0.2) is 4.79 Å². The second-order valence-electron chi connectivity index (χ2n) is 6.03. The lowest BCUT2D eigenvalue weighted by atomic mass is 9.92. The average Bonchev–Trinajstić information content (AvgIpc) is 2.54. The van der Waals surface area contributed by atoms with Crippen LogP contribution in [-0.4, -0.2) is 34.7 Å². The van der Waals surface area contributed by atoms with E-state index in [0.717, 1.165) is 35.4 Å². The number of phenolic OH excluding ortho intramolecular Hbond substituents is 1. The number of phenols is 1. The van der Waals surface area contributed by atoms with Crippen molar-refractivity contribution in [3.05, 3.63) is 40.1 Å². The van der Waals surface area contributed by atoms with E-state index in [-0.39, 0.29) is 11.7 Å². The van der Waals surface area contributed by atoms with Crippen LogP contribution in [0.15, 0.2) is 23.4 Å². The van der Waals surface area contributed by atoms with Gasteiger partial charge in [-0.15, -0.1) is 0 Å². The Morgan fingerprint density at radius 3 is 2.42 bits per heavy atom. The van der Waals surface area contributed by atoms with Gasteiger partial charge in [0.15, 0.2) is 5.11 Å². The summed E-state index contributed by atoms with van der Waals surface area (Å²) in [6.07, 6.45) is 0.912. The highest BCUT2D eigenvalue weighted by Gasteiger charge is 2.34. The smallest absolute Gasteiger partial charge is 0.337 e. The molecule has 1 aliphatic heterocycles. The van der Waals surface area contributed by atoms with Gasteiger partial charge in [-0.05, 0) is 68.2 Å². The van der Waals surface area contributed by atoms with Crippen molar-refractivity contribution in [1.82, 2.24) is 10.2 Å². The zero-order chi connectivity index (χ0) is 18.0. The number of methoxy groups -OCH3 is 1. The normalized spacial score (nSPS) is 17.8. The van der Waals surface area contributed by atoms with E-state index in [1.165, 1.54) is 7.11 Å².